The topological polar surface area (TPSA) is 15.7 Å². The van der Waals surface area contributed by atoms with E-state index in [1.54, 1.807) is 0 Å². The van der Waals surface area contributed by atoms with E-state index in [4.69, 9.17) is 4.74 Å². The van der Waals surface area contributed by atoms with Gasteiger partial charge in [0.05, 0.1) is 6.61 Å². The number of ether oxygens (including phenoxy) is 1. The molecule has 0 saturated carbocycles. The van der Waals surface area contributed by atoms with Crippen LogP contribution >= 0.6 is 12.6 Å². The fourth-order valence-electron chi connectivity index (χ4n) is 4.51. The molecule has 0 radical (unpaired) electrons. The Bertz CT molecular complexity index is 805. The highest BCUT2D eigenvalue weighted by molar-refractivity contribution is 7.80. The number of hydrogen-bond donors (Lipinski definition) is 1. The summed E-state index contributed by atoms with van der Waals surface area (Å²) < 4.78 is 19.3. The van der Waals surface area contributed by atoms with Crippen molar-refractivity contribution in [1.82, 2.24) is 9.80 Å². The maximum Gasteiger partial charge on any atom is 0.119 e. The lowest BCUT2D eigenvalue weighted by molar-refractivity contribution is 0.143. The second-order valence-electron chi connectivity index (χ2n) is 8.42. The van der Waals surface area contributed by atoms with Crippen molar-refractivity contribution < 1.29 is 9.13 Å². The molecule has 2 heterocycles. The molecule has 4 rings (SSSR count). The van der Waals surface area contributed by atoms with E-state index >= 15 is 0 Å². The van der Waals surface area contributed by atoms with E-state index in [9.17, 15) is 4.39 Å². The minimum absolute atomic E-state index is 0.380. The van der Waals surface area contributed by atoms with Gasteiger partial charge in [0.2, 0.25) is 0 Å². The number of likely N-dealkylation sites (N-methyl/N-ethyl adjacent to an activating group) is 1. The number of benzene rings is 2. The molecule has 5 heteroatoms. The number of fused-ring (bicyclic) bond motifs is 1. The van der Waals surface area contributed by atoms with Gasteiger partial charge in [-0.1, -0.05) is 18.2 Å². The molecule has 1 atom stereocenters. The summed E-state index contributed by atoms with van der Waals surface area (Å²) in [5, 5.41) is 0. The van der Waals surface area contributed by atoms with Crippen molar-refractivity contribution in [2.24, 2.45) is 0 Å². The molecule has 1 unspecified atom stereocenters. The van der Waals surface area contributed by atoms with Gasteiger partial charge in [-0.15, -0.1) is 12.6 Å². The van der Waals surface area contributed by atoms with Gasteiger partial charge in [-0.3, -0.25) is 0 Å². The van der Waals surface area contributed by atoms with Crippen LogP contribution in [0.2, 0.25) is 0 Å². The first-order valence-electron chi connectivity index (χ1n) is 10.7. The van der Waals surface area contributed by atoms with Gasteiger partial charge >= 0.3 is 0 Å². The molecular weight excluding hydrogens is 383 g/mol. The number of hydrogen-bond acceptors (Lipinski definition) is 4. The highest BCUT2D eigenvalue weighted by atomic mass is 32.1. The van der Waals surface area contributed by atoms with Gasteiger partial charge in [0.25, 0.3) is 0 Å². The molecule has 0 N–H and O–H groups in total. The van der Waals surface area contributed by atoms with Gasteiger partial charge < -0.3 is 14.5 Å². The summed E-state index contributed by atoms with van der Waals surface area (Å²) >= 11 is 4.41. The lowest BCUT2D eigenvalue weighted by atomic mass is 9.85. The van der Waals surface area contributed by atoms with Gasteiger partial charge in [-0.25, -0.2) is 4.39 Å². The molecule has 0 amide bonds. The Labute approximate surface area is 179 Å². The van der Waals surface area contributed by atoms with E-state index in [2.05, 4.69) is 71.9 Å². The molecule has 2 aliphatic heterocycles. The minimum atomic E-state index is -0.601. The third kappa shape index (κ3) is 5.33. The summed E-state index contributed by atoms with van der Waals surface area (Å²) in [4.78, 5) is 5.72. The summed E-state index contributed by atoms with van der Waals surface area (Å²) in [5.74, 6) is 1.33. The van der Waals surface area contributed by atoms with Crippen molar-refractivity contribution in [3.63, 3.8) is 0 Å². The Kier molecular flexibility index (Phi) is 6.78. The maximum atomic E-state index is 13.2. The molecule has 2 aromatic carbocycles. The van der Waals surface area contributed by atoms with Gasteiger partial charge in [0.1, 0.15) is 11.9 Å². The highest BCUT2D eigenvalue weighted by Gasteiger charge is 2.25. The van der Waals surface area contributed by atoms with E-state index in [0.717, 1.165) is 49.8 Å². The molecular formula is C24H31FN2OS. The van der Waals surface area contributed by atoms with Crippen molar-refractivity contribution in [3.8, 4) is 5.75 Å². The fourth-order valence-corrected chi connectivity index (χ4v) is 4.66. The average Bonchev–Trinajstić information content (AvgIpc) is 2.72. The highest BCUT2D eigenvalue weighted by Crippen LogP contribution is 2.35. The molecule has 0 bridgehead atoms. The monoisotopic (exact) mass is 414 g/mol. The van der Waals surface area contributed by atoms with Crippen LogP contribution in [0.3, 0.4) is 0 Å². The molecule has 0 spiro atoms. The second-order valence-corrected chi connectivity index (χ2v) is 8.94. The Morgan fingerprint density at radius 2 is 1.86 bits per heavy atom. The summed E-state index contributed by atoms with van der Waals surface area (Å²) in [7, 11) is 2.18. The van der Waals surface area contributed by atoms with Crippen LogP contribution in [0.5, 0.6) is 5.75 Å². The Morgan fingerprint density at radius 1 is 1.10 bits per heavy atom. The van der Waals surface area contributed by atoms with E-state index in [1.807, 2.05) is 0 Å². The van der Waals surface area contributed by atoms with Gasteiger partial charge in [0.15, 0.2) is 0 Å². The van der Waals surface area contributed by atoms with Crippen molar-refractivity contribution in [2.45, 2.75) is 42.8 Å². The fraction of sp³-hybridized carbons (Fsp3) is 0.500. The number of thiol groups is 1. The number of rotatable bonds is 6. The first kappa shape index (κ1) is 20.7. The van der Waals surface area contributed by atoms with Crippen LogP contribution in [0, 0.1) is 0 Å². The Balaban J connectivity index is 1.36. The number of halogens is 1. The summed E-state index contributed by atoms with van der Waals surface area (Å²) in [6, 6.07) is 15.1. The van der Waals surface area contributed by atoms with Crippen LogP contribution in [0.1, 0.15) is 41.9 Å². The third-order valence-corrected chi connectivity index (χ3v) is 6.42. The number of piperidine rings is 1. The molecule has 29 heavy (non-hydrogen) atoms. The average molecular weight is 415 g/mol. The van der Waals surface area contributed by atoms with Crippen molar-refractivity contribution >= 4 is 12.6 Å². The zero-order valence-electron chi connectivity index (χ0n) is 17.2. The Morgan fingerprint density at radius 3 is 2.62 bits per heavy atom. The smallest absolute Gasteiger partial charge is 0.119 e. The van der Waals surface area contributed by atoms with E-state index < -0.39 is 6.17 Å². The number of alkyl halides is 1. The van der Waals surface area contributed by atoms with Crippen LogP contribution in [0.25, 0.3) is 0 Å². The van der Waals surface area contributed by atoms with Crippen molar-refractivity contribution in [2.75, 3.05) is 39.8 Å². The maximum absolute atomic E-state index is 13.2. The Hall–Kier alpha value is -1.56. The zero-order chi connectivity index (χ0) is 20.2. The molecule has 0 aromatic heterocycles. The lowest BCUT2D eigenvalue weighted by Crippen LogP contribution is -2.35. The van der Waals surface area contributed by atoms with Crippen LogP contribution in [-0.2, 0) is 6.54 Å². The van der Waals surface area contributed by atoms with Crippen molar-refractivity contribution in [1.29, 1.82) is 0 Å². The summed E-state index contributed by atoms with van der Waals surface area (Å²) in [6.45, 7) is 5.42. The first-order valence-corrected chi connectivity index (χ1v) is 11.1. The van der Waals surface area contributed by atoms with E-state index in [1.165, 1.54) is 16.7 Å². The molecule has 3 nitrogen and oxygen atoms in total. The van der Waals surface area contributed by atoms with Gasteiger partial charge in [-0.2, -0.15) is 0 Å². The minimum Gasteiger partial charge on any atom is -0.494 e. The predicted molar refractivity (Wildman–Crippen MR) is 119 cm³/mol. The zero-order valence-corrected chi connectivity index (χ0v) is 18.1. The van der Waals surface area contributed by atoms with Gasteiger partial charge in [0, 0.05) is 43.5 Å². The SMILES string of the molecule is CN1Cc2cc(OCCCN3CCC(F)CC3)ccc2C(c2ccc(S)cc2)C1. The van der Waals surface area contributed by atoms with Gasteiger partial charge in [-0.05, 0) is 67.3 Å². The van der Waals surface area contributed by atoms with Crippen molar-refractivity contribution in [3.05, 3.63) is 59.2 Å². The molecule has 2 aromatic rings. The van der Waals surface area contributed by atoms with E-state index in [0.29, 0.717) is 25.4 Å². The standard InChI is InChI=1S/C24H31FN2OS/c1-26-16-19-15-21(28-14-2-11-27-12-9-20(25)10-13-27)5-8-23(19)24(17-26)18-3-6-22(29)7-4-18/h3-8,15,20,24,29H,2,9-14,16-17H2,1H3. The normalized spacial score (nSPS) is 21.1. The molecule has 2 aliphatic rings. The molecule has 0 aliphatic carbocycles. The van der Waals surface area contributed by atoms with Crippen LogP contribution in [0.15, 0.2) is 47.4 Å². The second kappa shape index (κ2) is 9.50. The van der Waals surface area contributed by atoms with Crippen LogP contribution in [0.4, 0.5) is 4.39 Å². The molecule has 1 fully saturated rings. The number of likely N-dealkylation sites (tertiary alicyclic amines) is 1. The van der Waals surface area contributed by atoms with Crippen LogP contribution < -0.4 is 4.74 Å². The molecule has 1 saturated heterocycles. The third-order valence-electron chi connectivity index (χ3n) is 6.12. The largest absolute Gasteiger partial charge is 0.494 e. The summed E-state index contributed by atoms with van der Waals surface area (Å²) in [5.41, 5.74) is 4.08. The molecule has 156 valence electrons. The quantitative estimate of drug-likeness (QED) is 0.542. The number of nitrogens with zero attached hydrogens (tertiary/aromatic N) is 2. The summed E-state index contributed by atoms with van der Waals surface area (Å²) in [6.07, 6.45) is 1.73. The lowest BCUT2D eigenvalue weighted by Gasteiger charge is -2.33. The first-order chi connectivity index (χ1) is 14.1. The van der Waals surface area contributed by atoms with E-state index in [-0.39, 0.29) is 0 Å². The predicted octanol–water partition coefficient (Wildman–Crippen LogP) is 4.76. The van der Waals surface area contributed by atoms with Crippen LogP contribution in [-0.4, -0.2) is 55.8 Å².